The van der Waals surface area contributed by atoms with Crippen molar-refractivity contribution >= 4 is 18.0 Å². The molecule has 3 rings (SSSR count). The molecule has 1 radical (unpaired) electrons. The van der Waals surface area contributed by atoms with Crippen LogP contribution in [0.2, 0.25) is 0 Å². The zero-order valence-corrected chi connectivity index (χ0v) is 11.1. The zero-order valence-electron chi connectivity index (χ0n) is 10.0. The molecule has 0 atom stereocenters. The third-order valence-electron chi connectivity index (χ3n) is 2.77. The topological polar surface area (TPSA) is 71.4 Å². The van der Waals surface area contributed by atoms with E-state index in [4.69, 9.17) is 9.90 Å². The third kappa shape index (κ3) is 2.68. The Labute approximate surface area is 125 Å². The summed E-state index contributed by atoms with van der Waals surface area (Å²) in [6.45, 7) is 0.500. The number of rotatable bonds is 0. The predicted molar refractivity (Wildman–Crippen MR) is 66.9 cm³/mol. The largest absolute Gasteiger partial charge is 2.00 e. The van der Waals surface area contributed by atoms with Gasteiger partial charge in [-0.25, -0.2) is 0 Å². The van der Waals surface area contributed by atoms with Crippen molar-refractivity contribution in [2.45, 2.75) is 0 Å². The fourth-order valence-electron chi connectivity index (χ4n) is 1.99. The second-order valence-corrected chi connectivity index (χ2v) is 3.77. The van der Waals surface area contributed by atoms with Crippen LogP contribution < -0.4 is 0 Å². The molecule has 0 aliphatic heterocycles. The van der Waals surface area contributed by atoms with E-state index < -0.39 is 0 Å². The van der Waals surface area contributed by atoms with Crippen molar-refractivity contribution in [3.8, 4) is 0 Å². The molecule has 2 aromatic rings. The minimum Gasteiger partial charge on any atom is -0.665 e. The van der Waals surface area contributed by atoms with E-state index in [1.807, 2.05) is 0 Å². The van der Waals surface area contributed by atoms with Crippen molar-refractivity contribution in [2.24, 2.45) is 0 Å². The second kappa shape index (κ2) is 6.79. The van der Waals surface area contributed by atoms with Crippen molar-refractivity contribution in [3.63, 3.8) is 0 Å². The van der Waals surface area contributed by atoms with Crippen molar-refractivity contribution in [3.05, 3.63) is 70.8 Å². The summed E-state index contributed by atoms with van der Waals surface area (Å²) in [4.78, 5) is 32.4. The molecular weight excluding hydrogens is 303 g/mol. The Balaban J connectivity index is 0.000000462. The Morgan fingerprint density at radius 2 is 1.35 bits per heavy atom. The molecular formula is C15H8CoO4. The Morgan fingerprint density at radius 1 is 0.900 bits per heavy atom. The van der Waals surface area contributed by atoms with E-state index in [2.05, 4.69) is 6.07 Å². The predicted octanol–water partition coefficient (Wildman–Crippen LogP) is 1.87. The average Bonchev–Trinajstić information content (AvgIpc) is 2.46. The van der Waals surface area contributed by atoms with Crippen LogP contribution >= 0.6 is 0 Å². The van der Waals surface area contributed by atoms with Crippen molar-refractivity contribution in [1.29, 1.82) is 0 Å². The van der Waals surface area contributed by atoms with Crippen molar-refractivity contribution in [2.75, 3.05) is 0 Å². The van der Waals surface area contributed by atoms with E-state index in [1.165, 1.54) is 0 Å². The Bertz CT molecular complexity index is 559. The van der Waals surface area contributed by atoms with Gasteiger partial charge < -0.3 is 14.7 Å². The summed E-state index contributed by atoms with van der Waals surface area (Å²) in [6.07, 6.45) is 0. The zero-order chi connectivity index (χ0) is 13.8. The van der Waals surface area contributed by atoms with Crippen LogP contribution in [0, 0.1) is 6.07 Å². The third-order valence-corrected chi connectivity index (χ3v) is 2.77. The first-order valence-corrected chi connectivity index (χ1v) is 5.40. The summed E-state index contributed by atoms with van der Waals surface area (Å²) < 4.78 is 0. The SMILES string of the molecule is O=C1c2c[c-]ccc2C(=O)c2ccccc21.O=[C-]O.[Co+2]. The van der Waals surface area contributed by atoms with Gasteiger partial charge in [0.25, 0.3) is 0 Å². The minimum absolute atomic E-state index is 0. The van der Waals surface area contributed by atoms with E-state index in [9.17, 15) is 9.59 Å². The molecule has 0 saturated heterocycles. The van der Waals surface area contributed by atoms with Gasteiger partial charge in [-0.3, -0.25) is 4.79 Å². The number of hydrogen-bond donors (Lipinski definition) is 1. The summed E-state index contributed by atoms with van der Waals surface area (Å²) >= 11 is 0. The number of benzene rings is 2. The maximum atomic E-state index is 12.1. The molecule has 101 valence electrons. The summed E-state index contributed by atoms with van der Waals surface area (Å²) in [7, 11) is 0. The summed E-state index contributed by atoms with van der Waals surface area (Å²) in [6, 6.07) is 14.6. The smallest absolute Gasteiger partial charge is 0.665 e. The molecule has 0 aromatic heterocycles. The number of carbonyl (C=O) groups excluding carboxylic acids is 2. The van der Waals surface area contributed by atoms with Crippen LogP contribution in [0.25, 0.3) is 0 Å². The maximum Gasteiger partial charge on any atom is 2.00 e. The molecule has 0 fully saturated rings. The first-order chi connectivity index (χ1) is 9.20. The Kier molecular flexibility index (Phi) is 5.37. The molecule has 0 amide bonds. The summed E-state index contributed by atoms with van der Waals surface area (Å²) in [5, 5.41) is 6.76. The number of aliphatic hydroxyl groups excluding tert-OH is 1. The van der Waals surface area contributed by atoms with Crippen LogP contribution in [0.1, 0.15) is 31.8 Å². The van der Waals surface area contributed by atoms with Crippen molar-refractivity contribution in [1.82, 2.24) is 0 Å². The van der Waals surface area contributed by atoms with Gasteiger partial charge >= 0.3 is 16.8 Å². The fraction of sp³-hybridized carbons (Fsp3) is 0. The van der Waals surface area contributed by atoms with Crippen LogP contribution in [0.4, 0.5) is 0 Å². The molecule has 1 aliphatic carbocycles. The number of hydrogen-bond acceptors (Lipinski definition) is 3. The van der Waals surface area contributed by atoms with Gasteiger partial charge in [-0.15, -0.1) is 0 Å². The first kappa shape index (κ1) is 15.8. The molecule has 5 heteroatoms. The van der Waals surface area contributed by atoms with Crippen molar-refractivity contribution < 1.29 is 36.3 Å². The molecule has 0 unspecified atom stereocenters. The van der Waals surface area contributed by atoms with Gasteiger partial charge in [-0.05, 0) is 0 Å². The van der Waals surface area contributed by atoms with E-state index >= 15 is 0 Å². The normalized spacial score (nSPS) is 11.2. The van der Waals surface area contributed by atoms with Gasteiger partial charge in [0.1, 0.15) is 5.78 Å². The Morgan fingerprint density at radius 3 is 1.90 bits per heavy atom. The van der Waals surface area contributed by atoms with E-state index in [1.54, 1.807) is 42.5 Å². The van der Waals surface area contributed by atoms with Crippen LogP contribution in [0.5, 0.6) is 0 Å². The van der Waals surface area contributed by atoms with Crippen LogP contribution in [0.3, 0.4) is 0 Å². The minimum atomic E-state index is -0.0953. The quantitative estimate of drug-likeness (QED) is 0.643. The molecule has 2 aromatic carbocycles. The molecule has 0 heterocycles. The summed E-state index contributed by atoms with van der Waals surface area (Å²) in [5.41, 5.74) is 1.90. The van der Waals surface area contributed by atoms with Gasteiger partial charge in [0.05, 0.1) is 0 Å². The van der Waals surface area contributed by atoms with Gasteiger partial charge in [0, 0.05) is 11.1 Å². The van der Waals surface area contributed by atoms with E-state index in [-0.39, 0.29) is 28.3 Å². The maximum absolute atomic E-state index is 12.1. The molecule has 20 heavy (non-hydrogen) atoms. The van der Waals surface area contributed by atoms with E-state index in [0.29, 0.717) is 28.7 Å². The molecule has 1 N–H and O–H groups in total. The molecule has 0 spiro atoms. The van der Waals surface area contributed by atoms with Crippen LogP contribution in [0.15, 0.2) is 42.5 Å². The van der Waals surface area contributed by atoms with E-state index in [0.717, 1.165) is 0 Å². The second-order valence-electron chi connectivity index (χ2n) is 3.77. The number of ketones is 2. The standard InChI is InChI=1S/C14H7O2.CHO2.Co/c15-13-9-5-1-2-6-10(9)14(16)12-8-4-3-7-11(12)13;2-1-3;/h1-3,5-8H;(H,2,3);/q2*-1;+2. The Hall–Kier alpha value is -2.24. The van der Waals surface area contributed by atoms with Gasteiger partial charge in [-0.1, -0.05) is 41.9 Å². The van der Waals surface area contributed by atoms with Gasteiger partial charge in [-0.2, -0.15) is 24.3 Å². The number of carbonyl (C=O) groups is 2. The summed E-state index contributed by atoms with van der Waals surface area (Å²) in [5.74, 6) is -0.179. The fourth-order valence-corrected chi connectivity index (χ4v) is 1.99. The molecule has 1 aliphatic rings. The molecule has 4 nitrogen and oxygen atoms in total. The first-order valence-electron chi connectivity index (χ1n) is 5.40. The van der Waals surface area contributed by atoms with Crippen LogP contribution in [-0.4, -0.2) is 23.1 Å². The van der Waals surface area contributed by atoms with Gasteiger partial charge in [0.2, 0.25) is 0 Å². The molecule has 0 saturated carbocycles. The molecule has 0 bridgehead atoms. The van der Waals surface area contributed by atoms with Gasteiger partial charge in [0.15, 0.2) is 5.78 Å². The monoisotopic (exact) mass is 311 g/mol. The number of fused-ring (bicyclic) bond motifs is 2. The average molecular weight is 311 g/mol. The van der Waals surface area contributed by atoms with Crippen LogP contribution in [-0.2, 0) is 21.6 Å².